The Morgan fingerprint density at radius 3 is 2.26 bits per heavy atom. The molecule has 0 aromatic heterocycles. The number of aryl methyl sites for hydroxylation is 1. The van der Waals surface area contributed by atoms with Crippen LogP contribution in [0.15, 0.2) is 48.5 Å². The van der Waals surface area contributed by atoms with Gasteiger partial charge in [-0.3, -0.25) is 9.59 Å². The number of hydrogen-bond acceptors (Lipinski definition) is 2. The van der Waals surface area contributed by atoms with Crippen LogP contribution < -0.4 is 15.1 Å². The maximum Gasteiger partial charge on any atom is 0.279 e. The lowest BCUT2D eigenvalue weighted by atomic mass is 10.1. The van der Waals surface area contributed by atoms with Gasteiger partial charge in [0, 0.05) is 16.8 Å². The molecular weight excluding hydrogens is 338 g/mol. The number of hydrogen-bond donors (Lipinski definition) is 3. The number of amides is 1. The van der Waals surface area contributed by atoms with E-state index in [1.165, 1.54) is 23.0 Å². The molecule has 0 atom stereocenters. The van der Waals surface area contributed by atoms with Crippen molar-refractivity contribution in [1.82, 2.24) is 0 Å². The van der Waals surface area contributed by atoms with Gasteiger partial charge in [0.15, 0.2) is 12.3 Å². The van der Waals surface area contributed by atoms with Crippen molar-refractivity contribution >= 4 is 17.4 Å². The molecule has 0 radical (unpaired) electrons. The number of carbonyl (C=O) groups is 2. The summed E-state index contributed by atoms with van der Waals surface area (Å²) in [5.41, 5.74) is 4.10. The van der Waals surface area contributed by atoms with E-state index in [-0.39, 0.29) is 11.7 Å². The summed E-state index contributed by atoms with van der Waals surface area (Å²) in [6.45, 7) is 9.42. The van der Waals surface area contributed by atoms with Gasteiger partial charge in [-0.1, -0.05) is 29.8 Å². The molecular formula is C22H29N3O2+2. The predicted octanol–water partition coefficient (Wildman–Crippen LogP) is 0.120. The zero-order chi connectivity index (χ0) is 19.2. The fourth-order valence-corrected chi connectivity index (χ4v) is 3.64. The Morgan fingerprint density at radius 2 is 1.63 bits per heavy atom. The molecule has 1 aliphatic heterocycles. The number of piperazine rings is 1. The highest BCUT2D eigenvalue weighted by atomic mass is 16.2. The van der Waals surface area contributed by atoms with E-state index < -0.39 is 0 Å². The van der Waals surface area contributed by atoms with Gasteiger partial charge in [0.25, 0.3) is 5.91 Å². The highest BCUT2D eigenvalue weighted by molar-refractivity contribution is 5.95. The monoisotopic (exact) mass is 367 g/mol. The molecule has 3 N–H and O–H groups in total. The summed E-state index contributed by atoms with van der Waals surface area (Å²) >= 11 is 0. The smallest absolute Gasteiger partial charge is 0.279 e. The van der Waals surface area contributed by atoms with E-state index in [1.54, 1.807) is 29.2 Å². The first-order valence-electron chi connectivity index (χ1n) is 9.63. The minimum atomic E-state index is 0.0303. The standard InChI is InChI=1S/C22H27N3O2/c1-17-4-3-5-19(14-17)15-24-10-12-25(13-11-24)16-22(27)23-21-8-6-20(7-9-21)18(2)26/h3-9,14H,10-13,15-16H2,1-2H3,(H,23,27)/p+2. The van der Waals surface area contributed by atoms with E-state index in [4.69, 9.17) is 0 Å². The molecule has 1 aliphatic rings. The van der Waals surface area contributed by atoms with Gasteiger partial charge in [0.2, 0.25) is 0 Å². The van der Waals surface area contributed by atoms with E-state index in [0.29, 0.717) is 12.1 Å². The van der Waals surface area contributed by atoms with Gasteiger partial charge in [0.05, 0.1) is 0 Å². The predicted molar refractivity (Wildman–Crippen MR) is 106 cm³/mol. The number of anilines is 1. The van der Waals surface area contributed by atoms with Crippen molar-refractivity contribution in [2.75, 3.05) is 38.0 Å². The summed E-state index contributed by atoms with van der Waals surface area (Å²) < 4.78 is 0. The minimum absolute atomic E-state index is 0.0303. The summed E-state index contributed by atoms with van der Waals surface area (Å²) in [6, 6.07) is 15.8. The first-order valence-corrected chi connectivity index (χ1v) is 9.63. The maximum atomic E-state index is 12.3. The third kappa shape index (κ3) is 5.74. The van der Waals surface area contributed by atoms with Gasteiger partial charge in [-0.2, -0.15) is 0 Å². The van der Waals surface area contributed by atoms with Crippen LogP contribution >= 0.6 is 0 Å². The largest absolute Gasteiger partial charge is 0.322 e. The van der Waals surface area contributed by atoms with Crippen molar-refractivity contribution in [3.8, 4) is 0 Å². The molecule has 0 bridgehead atoms. The van der Waals surface area contributed by atoms with Crippen molar-refractivity contribution in [2.24, 2.45) is 0 Å². The summed E-state index contributed by atoms with van der Waals surface area (Å²) in [5.74, 6) is 0.0612. The van der Waals surface area contributed by atoms with Gasteiger partial charge in [0.1, 0.15) is 32.7 Å². The van der Waals surface area contributed by atoms with Crippen LogP contribution in [0.5, 0.6) is 0 Å². The molecule has 142 valence electrons. The SMILES string of the molecule is CC(=O)c1ccc(NC(=O)C[NH+]2CC[NH+](Cc3cccc(C)c3)CC2)cc1. The first kappa shape index (κ1) is 19.3. The lowest BCUT2D eigenvalue weighted by Gasteiger charge is -2.29. The number of carbonyl (C=O) groups excluding carboxylic acids is 2. The van der Waals surface area contributed by atoms with Gasteiger partial charge in [-0.25, -0.2) is 0 Å². The third-order valence-electron chi connectivity index (χ3n) is 5.19. The summed E-state index contributed by atoms with van der Waals surface area (Å²) in [7, 11) is 0. The molecule has 2 aromatic carbocycles. The molecule has 5 nitrogen and oxygen atoms in total. The number of nitrogens with one attached hydrogen (secondary N) is 3. The van der Waals surface area contributed by atoms with E-state index in [2.05, 4.69) is 36.5 Å². The van der Waals surface area contributed by atoms with Crippen LogP contribution in [0.3, 0.4) is 0 Å². The van der Waals surface area contributed by atoms with Crippen LogP contribution in [-0.4, -0.2) is 44.4 Å². The van der Waals surface area contributed by atoms with E-state index in [0.717, 1.165) is 38.4 Å². The molecule has 1 fully saturated rings. The Morgan fingerprint density at radius 1 is 0.963 bits per heavy atom. The van der Waals surface area contributed by atoms with Gasteiger partial charge >= 0.3 is 0 Å². The molecule has 5 heteroatoms. The highest BCUT2D eigenvalue weighted by Gasteiger charge is 2.24. The molecule has 27 heavy (non-hydrogen) atoms. The fraction of sp³-hybridized carbons (Fsp3) is 0.364. The van der Waals surface area contributed by atoms with Crippen LogP contribution in [0.1, 0.15) is 28.4 Å². The van der Waals surface area contributed by atoms with Crippen LogP contribution in [0.4, 0.5) is 5.69 Å². The molecule has 1 amide bonds. The highest BCUT2D eigenvalue weighted by Crippen LogP contribution is 2.09. The second-order valence-electron chi connectivity index (χ2n) is 7.52. The van der Waals surface area contributed by atoms with Crippen LogP contribution in [0.2, 0.25) is 0 Å². The lowest BCUT2D eigenvalue weighted by molar-refractivity contribution is -1.02. The molecule has 1 saturated heterocycles. The van der Waals surface area contributed by atoms with Crippen LogP contribution in [-0.2, 0) is 11.3 Å². The Labute approximate surface area is 161 Å². The Kier molecular flexibility index (Phi) is 6.37. The van der Waals surface area contributed by atoms with E-state index in [1.807, 2.05) is 0 Å². The first-order chi connectivity index (χ1) is 13.0. The second kappa shape index (κ2) is 8.93. The van der Waals surface area contributed by atoms with Crippen molar-refractivity contribution in [2.45, 2.75) is 20.4 Å². The van der Waals surface area contributed by atoms with Gasteiger partial charge in [-0.15, -0.1) is 0 Å². The molecule has 1 heterocycles. The van der Waals surface area contributed by atoms with Crippen molar-refractivity contribution in [1.29, 1.82) is 0 Å². The number of rotatable bonds is 6. The summed E-state index contributed by atoms with van der Waals surface area (Å²) in [6.07, 6.45) is 0. The van der Waals surface area contributed by atoms with Crippen molar-refractivity contribution < 1.29 is 19.4 Å². The number of quaternary nitrogens is 2. The Bertz CT molecular complexity index is 793. The van der Waals surface area contributed by atoms with Gasteiger partial charge < -0.3 is 15.1 Å². The maximum absolute atomic E-state index is 12.3. The zero-order valence-electron chi connectivity index (χ0n) is 16.2. The van der Waals surface area contributed by atoms with E-state index in [9.17, 15) is 9.59 Å². The Balaban J connectivity index is 1.43. The molecule has 0 unspecified atom stereocenters. The number of benzene rings is 2. The average Bonchev–Trinajstić information content (AvgIpc) is 2.64. The van der Waals surface area contributed by atoms with Gasteiger partial charge in [-0.05, 0) is 38.1 Å². The third-order valence-corrected chi connectivity index (χ3v) is 5.19. The van der Waals surface area contributed by atoms with Crippen molar-refractivity contribution in [3.63, 3.8) is 0 Å². The molecule has 0 spiro atoms. The molecule has 3 rings (SSSR count). The minimum Gasteiger partial charge on any atom is -0.322 e. The Hall–Kier alpha value is -2.50. The topological polar surface area (TPSA) is 55.0 Å². The van der Waals surface area contributed by atoms with Crippen LogP contribution in [0.25, 0.3) is 0 Å². The van der Waals surface area contributed by atoms with E-state index >= 15 is 0 Å². The molecule has 0 aliphatic carbocycles. The summed E-state index contributed by atoms with van der Waals surface area (Å²) in [4.78, 5) is 26.5. The fourth-order valence-electron chi connectivity index (χ4n) is 3.64. The van der Waals surface area contributed by atoms with Crippen LogP contribution in [0, 0.1) is 6.92 Å². The molecule has 2 aromatic rings. The van der Waals surface area contributed by atoms with Crippen molar-refractivity contribution in [3.05, 3.63) is 65.2 Å². The number of Topliss-reactive ketones (excluding diaryl/α,β-unsaturated/α-hetero) is 1. The number of ketones is 1. The summed E-state index contributed by atoms with van der Waals surface area (Å²) in [5, 5.41) is 2.93. The second-order valence-corrected chi connectivity index (χ2v) is 7.52. The zero-order valence-corrected chi connectivity index (χ0v) is 16.2. The normalized spacial score (nSPS) is 19.5. The average molecular weight is 367 g/mol. The lowest BCUT2D eigenvalue weighted by Crippen LogP contribution is -3.28. The molecule has 0 saturated carbocycles. The quantitative estimate of drug-likeness (QED) is 0.636.